The largest absolute Gasteiger partial charge is 0.313 e. The van der Waals surface area contributed by atoms with Crippen molar-refractivity contribution >= 4 is 0 Å². The van der Waals surface area contributed by atoms with Crippen molar-refractivity contribution in [2.75, 3.05) is 6.54 Å². The monoisotopic (exact) mass is 263 g/mol. The molecule has 1 fully saturated rings. The Balaban J connectivity index is 2.13. The number of hydrogen-bond acceptors (Lipinski definition) is 1. The number of benzene rings is 1. The van der Waals surface area contributed by atoms with Crippen LogP contribution in [0.25, 0.3) is 0 Å². The van der Waals surface area contributed by atoms with Crippen molar-refractivity contribution in [3.8, 4) is 0 Å². The van der Waals surface area contributed by atoms with E-state index in [2.05, 4.69) is 19.2 Å². The van der Waals surface area contributed by atoms with E-state index in [1.54, 1.807) is 12.1 Å². The summed E-state index contributed by atoms with van der Waals surface area (Å²) in [5, 5.41) is 3.60. The fourth-order valence-corrected chi connectivity index (χ4v) is 3.40. The third kappa shape index (κ3) is 3.56. The van der Waals surface area contributed by atoms with Crippen LogP contribution >= 0.6 is 0 Å². The standard InChI is InChI=1S/C17H26FN/c1-3-19-16(17(2)11-7-4-8-12-17)13-14-9-5-6-10-15(14)18/h5-6,9-10,16,19H,3-4,7-8,11-13H2,1-2H3. The highest BCUT2D eigenvalue weighted by Crippen LogP contribution is 2.40. The Kier molecular flexibility index (Phi) is 4.98. The van der Waals surface area contributed by atoms with Gasteiger partial charge in [-0.05, 0) is 42.9 Å². The van der Waals surface area contributed by atoms with Crippen LogP contribution in [0.3, 0.4) is 0 Å². The molecule has 0 saturated heterocycles. The van der Waals surface area contributed by atoms with E-state index in [-0.39, 0.29) is 5.82 Å². The Morgan fingerprint density at radius 3 is 2.53 bits per heavy atom. The minimum atomic E-state index is -0.0650. The fourth-order valence-electron chi connectivity index (χ4n) is 3.40. The van der Waals surface area contributed by atoms with Crippen molar-refractivity contribution in [2.45, 2.75) is 58.4 Å². The summed E-state index contributed by atoms with van der Waals surface area (Å²) in [6, 6.07) is 7.58. The molecular formula is C17H26FN. The molecule has 0 radical (unpaired) electrons. The molecule has 106 valence electrons. The fraction of sp³-hybridized carbons (Fsp3) is 0.647. The van der Waals surface area contributed by atoms with E-state index in [9.17, 15) is 4.39 Å². The van der Waals surface area contributed by atoms with E-state index in [4.69, 9.17) is 0 Å². The van der Waals surface area contributed by atoms with E-state index < -0.39 is 0 Å². The summed E-state index contributed by atoms with van der Waals surface area (Å²) in [6.45, 7) is 5.47. The van der Waals surface area contributed by atoms with Gasteiger partial charge in [0.05, 0.1) is 0 Å². The highest BCUT2D eigenvalue weighted by molar-refractivity contribution is 5.19. The average Bonchev–Trinajstić information content (AvgIpc) is 2.41. The minimum Gasteiger partial charge on any atom is -0.313 e. The molecule has 1 N–H and O–H groups in total. The normalized spacial score (nSPS) is 20.2. The van der Waals surface area contributed by atoms with Gasteiger partial charge in [0, 0.05) is 6.04 Å². The molecule has 0 spiro atoms. The Morgan fingerprint density at radius 1 is 1.21 bits per heavy atom. The van der Waals surface area contributed by atoms with Gasteiger partial charge in [0.25, 0.3) is 0 Å². The molecule has 2 heteroatoms. The first-order chi connectivity index (χ1) is 9.15. The first-order valence-corrected chi connectivity index (χ1v) is 7.62. The minimum absolute atomic E-state index is 0.0650. The Labute approximate surface area is 116 Å². The Morgan fingerprint density at radius 2 is 1.89 bits per heavy atom. The second-order valence-corrected chi connectivity index (χ2v) is 6.12. The number of rotatable bonds is 5. The molecule has 0 aromatic heterocycles. The zero-order valence-electron chi connectivity index (χ0n) is 12.2. The van der Waals surface area contributed by atoms with Gasteiger partial charge in [0.15, 0.2) is 0 Å². The smallest absolute Gasteiger partial charge is 0.126 e. The average molecular weight is 263 g/mol. The maximum Gasteiger partial charge on any atom is 0.126 e. The van der Waals surface area contributed by atoms with Crippen LogP contribution in [0.4, 0.5) is 4.39 Å². The first kappa shape index (κ1) is 14.5. The summed E-state index contributed by atoms with van der Waals surface area (Å²) in [6.07, 6.45) is 7.31. The van der Waals surface area contributed by atoms with E-state index in [0.717, 1.165) is 18.5 Å². The van der Waals surface area contributed by atoms with Crippen molar-refractivity contribution in [1.29, 1.82) is 0 Å². The van der Waals surface area contributed by atoms with Crippen LogP contribution < -0.4 is 5.32 Å². The third-order valence-corrected chi connectivity index (χ3v) is 4.67. The molecule has 1 nitrogen and oxygen atoms in total. The molecule has 2 rings (SSSR count). The summed E-state index contributed by atoms with van der Waals surface area (Å²) in [5.41, 5.74) is 1.16. The van der Waals surface area contributed by atoms with Gasteiger partial charge >= 0.3 is 0 Å². The lowest BCUT2D eigenvalue weighted by Gasteiger charge is -2.41. The van der Waals surface area contributed by atoms with Crippen molar-refractivity contribution in [1.82, 2.24) is 5.32 Å². The summed E-state index contributed by atoms with van der Waals surface area (Å²) in [4.78, 5) is 0. The molecule has 19 heavy (non-hydrogen) atoms. The van der Waals surface area contributed by atoms with Gasteiger partial charge in [-0.15, -0.1) is 0 Å². The van der Waals surface area contributed by atoms with Gasteiger partial charge in [0.2, 0.25) is 0 Å². The maximum atomic E-state index is 13.9. The van der Waals surface area contributed by atoms with Gasteiger partial charge in [-0.2, -0.15) is 0 Å². The van der Waals surface area contributed by atoms with Gasteiger partial charge in [0.1, 0.15) is 5.82 Å². The maximum absolute atomic E-state index is 13.9. The van der Waals surface area contributed by atoms with E-state index in [1.807, 2.05) is 12.1 Å². The molecule has 1 atom stereocenters. The summed E-state index contributed by atoms with van der Waals surface area (Å²) in [5.74, 6) is -0.0650. The Bertz CT molecular complexity index is 396. The van der Waals surface area contributed by atoms with Crippen LogP contribution in [0, 0.1) is 11.2 Å². The lowest BCUT2D eigenvalue weighted by Crippen LogP contribution is -2.46. The van der Waals surface area contributed by atoms with Gasteiger partial charge in [-0.25, -0.2) is 4.39 Å². The van der Waals surface area contributed by atoms with Crippen molar-refractivity contribution < 1.29 is 4.39 Å². The molecule has 0 aliphatic heterocycles. The number of likely N-dealkylation sites (N-methyl/N-ethyl adjacent to an activating group) is 1. The van der Waals surface area contributed by atoms with Gasteiger partial charge in [-0.1, -0.05) is 51.3 Å². The van der Waals surface area contributed by atoms with Crippen LogP contribution in [0.2, 0.25) is 0 Å². The molecule has 0 heterocycles. The van der Waals surface area contributed by atoms with Crippen LogP contribution in [0.15, 0.2) is 24.3 Å². The Hall–Kier alpha value is -0.890. The molecule has 1 saturated carbocycles. The number of nitrogens with one attached hydrogen (secondary N) is 1. The highest BCUT2D eigenvalue weighted by Gasteiger charge is 2.35. The zero-order valence-corrected chi connectivity index (χ0v) is 12.2. The molecule has 0 amide bonds. The van der Waals surface area contributed by atoms with Crippen LogP contribution in [0.5, 0.6) is 0 Å². The zero-order chi connectivity index (χ0) is 13.7. The molecule has 1 aliphatic rings. The van der Waals surface area contributed by atoms with Crippen molar-refractivity contribution in [3.63, 3.8) is 0 Å². The second-order valence-electron chi connectivity index (χ2n) is 6.12. The SMILES string of the molecule is CCNC(Cc1ccccc1F)C1(C)CCCCC1. The summed E-state index contributed by atoms with van der Waals surface area (Å²) in [7, 11) is 0. The molecule has 1 aromatic rings. The molecule has 0 bridgehead atoms. The van der Waals surface area contributed by atoms with Gasteiger partial charge < -0.3 is 5.32 Å². The van der Waals surface area contributed by atoms with E-state index in [0.29, 0.717) is 11.5 Å². The predicted octanol–water partition coefficient (Wildman–Crippen LogP) is 4.32. The van der Waals surface area contributed by atoms with Crippen LogP contribution in [-0.2, 0) is 6.42 Å². The van der Waals surface area contributed by atoms with Crippen molar-refractivity contribution in [2.24, 2.45) is 5.41 Å². The lowest BCUT2D eigenvalue weighted by molar-refractivity contribution is 0.144. The van der Waals surface area contributed by atoms with Crippen LogP contribution in [0.1, 0.15) is 51.5 Å². The van der Waals surface area contributed by atoms with Gasteiger partial charge in [-0.3, -0.25) is 0 Å². The summed E-state index contributed by atoms with van der Waals surface area (Å²) >= 11 is 0. The molecule has 1 aliphatic carbocycles. The second kappa shape index (κ2) is 6.51. The quantitative estimate of drug-likeness (QED) is 0.834. The van der Waals surface area contributed by atoms with E-state index >= 15 is 0 Å². The number of hydrogen-bond donors (Lipinski definition) is 1. The first-order valence-electron chi connectivity index (χ1n) is 7.62. The highest BCUT2D eigenvalue weighted by atomic mass is 19.1. The topological polar surface area (TPSA) is 12.0 Å². The third-order valence-electron chi connectivity index (χ3n) is 4.67. The molecular weight excluding hydrogens is 237 g/mol. The molecule has 1 aromatic carbocycles. The lowest BCUT2D eigenvalue weighted by atomic mass is 9.69. The van der Waals surface area contributed by atoms with Crippen LogP contribution in [-0.4, -0.2) is 12.6 Å². The molecule has 1 unspecified atom stereocenters. The van der Waals surface area contributed by atoms with Crippen molar-refractivity contribution in [3.05, 3.63) is 35.6 Å². The predicted molar refractivity (Wildman–Crippen MR) is 78.8 cm³/mol. The summed E-state index contributed by atoms with van der Waals surface area (Å²) < 4.78 is 13.9. The van der Waals surface area contributed by atoms with E-state index in [1.165, 1.54) is 32.1 Å². The number of halogens is 1.